The minimum Gasteiger partial charge on any atom is -0.350 e. The minimum atomic E-state index is -0.216. The molecule has 1 aromatic heterocycles. The van der Waals surface area contributed by atoms with Gasteiger partial charge in [0.15, 0.2) is 0 Å². The number of carbonyl (C=O) groups is 2. The largest absolute Gasteiger partial charge is 0.350 e. The predicted molar refractivity (Wildman–Crippen MR) is 90.6 cm³/mol. The topological polar surface area (TPSA) is 42.3 Å². The number of imide groups is 1. The summed E-state index contributed by atoms with van der Waals surface area (Å²) < 4.78 is 2.08. The first-order valence-corrected chi connectivity index (χ1v) is 7.86. The van der Waals surface area contributed by atoms with Crippen molar-refractivity contribution >= 4 is 11.8 Å². The van der Waals surface area contributed by atoms with Crippen LogP contribution in [0.2, 0.25) is 0 Å². The molecule has 0 aliphatic carbocycles. The summed E-state index contributed by atoms with van der Waals surface area (Å²) in [5.41, 5.74) is 3.08. The number of rotatable bonds is 4. The van der Waals surface area contributed by atoms with Gasteiger partial charge in [-0.2, -0.15) is 0 Å². The van der Waals surface area contributed by atoms with Crippen molar-refractivity contribution in [3.8, 4) is 0 Å². The van der Waals surface area contributed by atoms with Crippen LogP contribution in [0.3, 0.4) is 0 Å². The summed E-state index contributed by atoms with van der Waals surface area (Å²) in [4.78, 5) is 26.2. The highest BCUT2D eigenvalue weighted by Crippen LogP contribution is 2.24. The lowest BCUT2D eigenvalue weighted by atomic mass is 10.1. The van der Waals surface area contributed by atoms with E-state index in [1.807, 2.05) is 48.8 Å². The molecule has 4 nitrogen and oxygen atoms in total. The van der Waals surface area contributed by atoms with Crippen LogP contribution in [0.25, 0.3) is 0 Å². The van der Waals surface area contributed by atoms with E-state index in [1.54, 1.807) is 24.3 Å². The first-order chi connectivity index (χ1) is 11.7. The molecule has 0 saturated carbocycles. The molecule has 0 unspecified atom stereocenters. The van der Waals surface area contributed by atoms with Crippen molar-refractivity contribution in [1.29, 1.82) is 0 Å². The van der Waals surface area contributed by atoms with Crippen molar-refractivity contribution in [2.45, 2.75) is 13.1 Å². The monoisotopic (exact) mass is 316 g/mol. The van der Waals surface area contributed by atoms with Gasteiger partial charge in [0.2, 0.25) is 0 Å². The maximum Gasteiger partial charge on any atom is 0.261 e. The van der Waals surface area contributed by atoms with E-state index < -0.39 is 0 Å². The van der Waals surface area contributed by atoms with Gasteiger partial charge in [0.25, 0.3) is 11.8 Å². The summed E-state index contributed by atoms with van der Waals surface area (Å²) in [6, 6.07) is 19.0. The van der Waals surface area contributed by atoms with E-state index in [2.05, 4.69) is 4.57 Å². The van der Waals surface area contributed by atoms with Crippen molar-refractivity contribution in [1.82, 2.24) is 9.47 Å². The quantitative estimate of drug-likeness (QED) is 0.693. The molecule has 4 heteroatoms. The lowest BCUT2D eigenvalue weighted by Crippen LogP contribution is -2.29. The number of fused-ring (bicyclic) bond motifs is 1. The standard InChI is InChI=1S/C20H16N2O2/c23-19-17-8-1-2-9-18(17)20(24)22(19)14-16-7-5-6-15(12-16)13-21-10-3-4-11-21/h1-12H,13-14H2. The average Bonchev–Trinajstić information content (AvgIpc) is 3.19. The van der Waals surface area contributed by atoms with E-state index in [1.165, 1.54) is 4.90 Å². The molecule has 3 aromatic rings. The van der Waals surface area contributed by atoms with Gasteiger partial charge >= 0.3 is 0 Å². The third-order valence-electron chi connectivity index (χ3n) is 4.24. The normalized spacial score (nSPS) is 13.4. The molecule has 2 heterocycles. The Labute approximate surface area is 140 Å². The number of amides is 2. The van der Waals surface area contributed by atoms with Gasteiger partial charge in [-0.25, -0.2) is 0 Å². The summed E-state index contributed by atoms with van der Waals surface area (Å²) in [7, 11) is 0. The van der Waals surface area contributed by atoms with Crippen LogP contribution in [-0.4, -0.2) is 21.3 Å². The van der Waals surface area contributed by atoms with Gasteiger partial charge in [-0.05, 0) is 35.4 Å². The summed E-state index contributed by atoms with van der Waals surface area (Å²) in [6.07, 6.45) is 4.02. The van der Waals surface area contributed by atoms with Gasteiger partial charge < -0.3 is 4.57 Å². The maximum atomic E-state index is 12.5. The molecule has 1 aliphatic heterocycles. The zero-order valence-corrected chi connectivity index (χ0v) is 13.1. The van der Waals surface area contributed by atoms with Crippen molar-refractivity contribution in [2.75, 3.05) is 0 Å². The van der Waals surface area contributed by atoms with Gasteiger partial charge in [0.1, 0.15) is 0 Å². The first kappa shape index (κ1) is 14.5. The highest BCUT2D eigenvalue weighted by atomic mass is 16.2. The molecule has 118 valence electrons. The summed E-state index contributed by atoms with van der Waals surface area (Å²) in [5, 5.41) is 0. The SMILES string of the molecule is O=C1c2ccccc2C(=O)N1Cc1cccc(Cn2cccc2)c1. The Morgan fingerprint density at radius 2 is 1.25 bits per heavy atom. The number of hydrogen-bond donors (Lipinski definition) is 0. The second-order valence-electron chi connectivity index (χ2n) is 5.92. The van der Waals surface area contributed by atoms with Crippen LogP contribution < -0.4 is 0 Å². The fraction of sp³-hybridized carbons (Fsp3) is 0.100. The first-order valence-electron chi connectivity index (χ1n) is 7.86. The zero-order chi connectivity index (χ0) is 16.5. The van der Waals surface area contributed by atoms with Crippen molar-refractivity contribution in [2.24, 2.45) is 0 Å². The van der Waals surface area contributed by atoms with E-state index in [-0.39, 0.29) is 11.8 Å². The average molecular weight is 316 g/mol. The Morgan fingerprint density at radius 1 is 0.667 bits per heavy atom. The highest BCUT2D eigenvalue weighted by Gasteiger charge is 2.34. The molecule has 2 aromatic carbocycles. The van der Waals surface area contributed by atoms with Crippen molar-refractivity contribution < 1.29 is 9.59 Å². The lowest BCUT2D eigenvalue weighted by Gasteiger charge is -2.14. The third-order valence-corrected chi connectivity index (χ3v) is 4.24. The van der Waals surface area contributed by atoms with Crippen molar-refractivity contribution in [3.63, 3.8) is 0 Å². The van der Waals surface area contributed by atoms with E-state index in [9.17, 15) is 9.59 Å². The maximum absolute atomic E-state index is 12.5. The Bertz CT molecular complexity index is 878. The molecular formula is C20H16N2O2. The molecule has 4 rings (SSSR count). The Hall–Kier alpha value is -3.14. The number of nitrogens with zero attached hydrogens (tertiary/aromatic N) is 2. The van der Waals surface area contributed by atoms with Crippen LogP contribution in [0.4, 0.5) is 0 Å². The van der Waals surface area contributed by atoms with E-state index >= 15 is 0 Å². The molecule has 24 heavy (non-hydrogen) atoms. The molecule has 0 N–H and O–H groups in total. The van der Waals surface area contributed by atoms with Crippen molar-refractivity contribution in [3.05, 3.63) is 95.3 Å². The van der Waals surface area contributed by atoms with Crippen LogP contribution in [0, 0.1) is 0 Å². The molecular weight excluding hydrogens is 300 g/mol. The smallest absolute Gasteiger partial charge is 0.261 e. The summed E-state index contributed by atoms with van der Waals surface area (Å²) in [6.45, 7) is 1.06. The number of hydrogen-bond acceptors (Lipinski definition) is 2. The second kappa shape index (κ2) is 5.81. The van der Waals surface area contributed by atoms with Crippen LogP contribution in [-0.2, 0) is 13.1 Å². The van der Waals surface area contributed by atoms with Gasteiger partial charge in [0.05, 0.1) is 17.7 Å². The molecule has 0 fully saturated rings. The van der Waals surface area contributed by atoms with Gasteiger partial charge in [-0.1, -0.05) is 36.4 Å². The fourth-order valence-corrected chi connectivity index (χ4v) is 3.08. The van der Waals surface area contributed by atoms with Crippen LogP contribution >= 0.6 is 0 Å². The fourth-order valence-electron chi connectivity index (χ4n) is 3.08. The number of aromatic nitrogens is 1. The Kier molecular flexibility index (Phi) is 3.50. The summed E-state index contributed by atoms with van der Waals surface area (Å²) >= 11 is 0. The molecule has 1 aliphatic rings. The molecule has 0 radical (unpaired) electrons. The number of carbonyl (C=O) groups excluding carboxylic acids is 2. The Balaban J connectivity index is 1.56. The predicted octanol–water partition coefficient (Wildman–Crippen LogP) is 3.33. The molecule has 0 bridgehead atoms. The molecule has 0 atom stereocenters. The zero-order valence-electron chi connectivity index (χ0n) is 13.1. The van der Waals surface area contributed by atoms with Crippen LogP contribution in [0.5, 0.6) is 0 Å². The second-order valence-corrected chi connectivity index (χ2v) is 5.92. The van der Waals surface area contributed by atoms with Crippen LogP contribution in [0.1, 0.15) is 31.8 Å². The molecule has 0 saturated heterocycles. The van der Waals surface area contributed by atoms with E-state index in [0.29, 0.717) is 17.7 Å². The van der Waals surface area contributed by atoms with Gasteiger partial charge in [0, 0.05) is 18.9 Å². The number of benzene rings is 2. The summed E-state index contributed by atoms with van der Waals surface area (Å²) in [5.74, 6) is -0.433. The third kappa shape index (κ3) is 2.52. The highest BCUT2D eigenvalue weighted by molar-refractivity contribution is 6.21. The lowest BCUT2D eigenvalue weighted by molar-refractivity contribution is 0.0642. The Morgan fingerprint density at radius 3 is 1.88 bits per heavy atom. The van der Waals surface area contributed by atoms with Gasteiger partial charge in [-0.3, -0.25) is 14.5 Å². The van der Waals surface area contributed by atoms with Crippen LogP contribution in [0.15, 0.2) is 73.1 Å². The molecule has 0 spiro atoms. The van der Waals surface area contributed by atoms with E-state index in [4.69, 9.17) is 0 Å². The minimum absolute atomic E-state index is 0.216. The van der Waals surface area contributed by atoms with E-state index in [0.717, 1.165) is 17.7 Å². The molecule has 2 amide bonds. The van der Waals surface area contributed by atoms with Gasteiger partial charge in [-0.15, -0.1) is 0 Å².